The quantitative estimate of drug-likeness (QED) is 0.715. The number of methoxy groups -OCH3 is 2. The summed E-state index contributed by atoms with van der Waals surface area (Å²) in [5, 5.41) is 0. The normalized spacial score (nSPS) is 12.7. The summed E-state index contributed by atoms with van der Waals surface area (Å²) in [6.45, 7) is 3.55. The van der Waals surface area contributed by atoms with Gasteiger partial charge in [0, 0.05) is 19.7 Å². The molecule has 1 aliphatic heterocycles. The summed E-state index contributed by atoms with van der Waals surface area (Å²) in [7, 11) is 4.98. The number of likely N-dealkylation sites (N-methyl/N-ethyl adjacent to an activating group) is 1. The van der Waals surface area contributed by atoms with E-state index in [-0.39, 0.29) is 5.91 Å². The first-order valence-corrected chi connectivity index (χ1v) is 9.06. The molecule has 1 heterocycles. The minimum Gasteiger partial charge on any atom is -0.493 e. The summed E-state index contributed by atoms with van der Waals surface area (Å²) in [5.74, 6) is 2.67. The van der Waals surface area contributed by atoms with E-state index >= 15 is 0 Å². The lowest BCUT2D eigenvalue weighted by Crippen LogP contribution is -2.24. The molecular weight excluding hydrogens is 358 g/mol. The van der Waals surface area contributed by atoms with Crippen LogP contribution >= 0.6 is 0 Å². The number of amides is 1. The van der Waals surface area contributed by atoms with Crippen molar-refractivity contribution in [1.82, 2.24) is 4.90 Å². The van der Waals surface area contributed by atoms with Crippen LogP contribution in [0.25, 0.3) is 6.08 Å². The molecule has 0 spiro atoms. The molecule has 148 valence electrons. The molecule has 3 rings (SSSR count). The van der Waals surface area contributed by atoms with Crippen LogP contribution in [-0.4, -0.2) is 45.3 Å². The molecule has 0 aliphatic carbocycles. The van der Waals surface area contributed by atoms with Gasteiger partial charge in [0.25, 0.3) is 0 Å². The van der Waals surface area contributed by atoms with Crippen molar-refractivity contribution in [3.05, 3.63) is 53.1 Å². The summed E-state index contributed by atoms with van der Waals surface area (Å²) in [4.78, 5) is 14.2. The molecule has 0 atom stereocenters. The Labute approximate surface area is 165 Å². The van der Waals surface area contributed by atoms with Gasteiger partial charge in [0.15, 0.2) is 23.0 Å². The Hall–Kier alpha value is -3.15. The fraction of sp³-hybridized carbons (Fsp3) is 0.318. The lowest BCUT2D eigenvalue weighted by atomic mass is 10.1. The molecule has 0 saturated heterocycles. The summed E-state index contributed by atoms with van der Waals surface area (Å²) < 4.78 is 21.8. The zero-order valence-corrected chi connectivity index (χ0v) is 16.7. The van der Waals surface area contributed by atoms with Crippen LogP contribution in [0, 0.1) is 6.92 Å². The highest BCUT2D eigenvalue weighted by atomic mass is 16.6. The number of hydrogen-bond donors (Lipinski definition) is 0. The predicted molar refractivity (Wildman–Crippen MR) is 107 cm³/mol. The standard InChI is InChI=1S/C22H25NO5/c1-15-11-19(25-3)20(26-4)13-17(15)14-23(2)22(24)8-6-16-5-7-18-21(12-16)28-10-9-27-18/h5-8,11-13H,9-10,14H2,1-4H3/b8-6+. The first-order valence-electron chi connectivity index (χ1n) is 9.06. The zero-order chi connectivity index (χ0) is 20.1. The number of benzene rings is 2. The van der Waals surface area contributed by atoms with Crippen LogP contribution in [0.1, 0.15) is 16.7 Å². The zero-order valence-electron chi connectivity index (χ0n) is 16.7. The Morgan fingerprint density at radius 3 is 2.46 bits per heavy atom. The Morgan fingerprint density at radius 2 is 1.75 bits per heavy atom. The number of aryl methyl sites for hydroxylation is 1. The van der Waals surface area contributed by atoms with Crippen molar-refractivity contribution in [2.45, 2.75) is 13.5 Å². The number of nitrogens with zero attached hydrogens (tertiary/aromatic N) is 1. The Bertz CT molecular complexity index is 891. The van der Waals surface area contributed by atoms with Gasteiger partial charge in [0.2, 0.25) is 5.91 Å². The lowest BCUT2D eigenvalue weighted by molar-refractivity contribution is -0.125. The SMILES string of the molecule is COc1cc(C)c(CN(C)C(=O)/C=C/c2ccc3c(c2)OCCO3)cc1OC. The largest absolute Gasteiger partial charge is 0.493 e. The molecule has 28 heavy (non-hydrogen) atoms. The van der Waals surface area contributed by atoms with Gasteiger partial charge in [0.1, 0.15) is 13.2 Å². The number of hydrogen-bond acceptors (Lipinski definition) is 5. The molecule has 2 aromatic rings. The minimum absolute atomic E-state index is 0.0935. The molecule has 0 fully saturated rings. The van der Waals surface area contributed by atoms with E-state index in [1.54, 1.807) is 38.3 Å². The third-order valence-corrected chi connectivity index (χ3v) is 4.61. The molecule has 0 saturated carbocycles. The summed E-state index contributed by atoms with van der Waals surface area (Å²) in [5.41, 5.74) is 2.92. The van der Waals surface area contributed by atoms with Crippen LogP contribution in [0.3, 0.4) is 0 Å². The van der Waals surface area contributed by atoms with Gasteiger partial charge in [-0.1, -0.05) is 6.07 Å². The van der Waals surface area contributed by atoms with Crippen molar-refractivity contribution in [3.63, 3.8) is 0 Å². The second-order valence-corrected chi connectivity index (χ2v) is 6.56. The van der Waals surface area contributed by atoms with Gasteiger partial charge in [-0.3, -0.25) is 4.79 Å². The lowest BCUT2D eigenvalue weighted by Gasteiger charge is -2.19. The number of ether oxygens (including phenoxy) is 4. The number of fused-ring (bicyclic) bond motifs is 1. The van der Waals surface area contributed by atoms with E-state index in [4.69, 9.17) is 18.9 Å². The second kappa shape index (κ2) is 8.69. The van der Waals surface area contributed by atoms with E-state index in [0.29, 0.717) is 37.0 Å². The summed E-state index contributed by atoms with van der Waals surface area (Å²) in [6, 6.07) is 9.45. The van der Waals surface area contributed by atoms with Crippen molar-refractivity contribution in [3.8, 4) is 23.0 Å². The van der Waals surface area contributed by atoms with E-state index in [0.717, 1.165) is 22.4 Å². The molecule has 0 N–H and O–H groups in total. The number of carbonyl (C=O) groups is 1. The van der Waals surface area contributed by atoms with E-state index in [1.807, 2.05) is 37.3 Å². The maximum absolute atomic E-state index is 12.5. The van der Waals surface area contributed by atoms with Crippen LogP contribution < -0.4 is 18.9 Å². The van der Waals surface area contributed by atoms with Crippen molar-refractivity contribution in [1.29, 1.82) is 0 Å². The van der Waals surface area contributed by atoms with Crippen molar-refractivity contribution in [2.24, 2.45) is 0 Å². The molecule has 1 amide bonds. The van der Waals surface area contributed by atoms with E-state index < -0.39 is 0 Å². The van der Waals surface area contributed by atoms with Crippen LogP contribution in [0.4, 0.5) is 0 Å². The second-order valence-electron chi connectivity index (χ2n) is 6.56. The van der Waals surface area contributed by atoms with Crippen LogP contribution in [0.15, 0.2) is 36.4 Å². The monoisotopic (exact) mass is 383 g/mol. The van der Waals surface area contributed by atoms with E-state index in [9.17, 15) is 4.79 Å². The van der Waals surface area contributed by atoms with Crippen molar-refractivity contribution >= 4 is 12.0 Å². The maximum Gasteiger partial charge on any atom is 0.246 e. The van der Waals surface area contributed by atoms with Gasteiger partial charge in [-0.05, 0) is 54.0 Å². The average molecular weight is 383 g/mol. The van der Waals surface area contributed by atoms with E-state index in [2.05, 4.69) is 0 Å². The molecule has 6 nitrogen and oxygen atoms in total. The predicted octanol–water partition coefficient (Wildman–Crippen LogP) is 3.46. The Balaban J connectivity index is 1.69. The van der Waals surface area contributed by atoms with Gasteiger partial charge in [-0.2, -0.15) is 0 Å². The van der Waals surface area contributed by atoms with Crippen LogP contribution in [0.2, 0.25) is 0 Å². The summed E-state index contributed by atoms with van der Waals surface area (Å²) >= 11 is 0. The summed E-state index contributed by atoms with van der Waals surface area (Å²) in [6.07, 6.45) is 3.33. The fourth-order valence-corrected chi connectivity index (χ4v) is 2.98. The maximum atomic E-state index is 12.5. The molecule has 0 unspecified atom stereocenters. The highest BCUT2D eigenvalue weighted by Gasteiger charge is 2.13. The first-order chi connectivity index (χ1) is 13.5. The van der Waals surface area contributed by atoms with E-state index in [1.165, 1.54) is 0 Å². The first kappa shape index (κ1) is 19.6. The Morgan fingerprint density at radius 1 is 1.07 bits per heavy atom. The average Bonchev–Trinajstić information content (AvgIpc) is 2.72. The van der Waals surface area contributed by atoms with Crippen LogP contribution in [-0.2, 0) is 11.3 Å². The van der Waals surface area contributed by atoms with Gasteiger partial charge >= 0.3 is 0 Å². The smallest absolute Gasteiger partial charge is 0.246 e. The highest BCUT2D eigenvalue weighted by Crippen LogP contribution is 2.32. The van der Waals surface area contributed by atoms with Crippen molar-refractivity contribution < 1.29 is 23.7 Å². The fourth-order valence-electron chi connectivity index (χ4n) is 2.98. The number of carbonyl (C=O) groups excluding carboxylic acids is 1. The highest BCUT2D eigenvalue weighted by molar-refractivity contribution is 5.91. The topological polar surface area (TPSA) is 57.2 Å². The van der Waals surface area contributed by atoms with Gasteiger partial charge in [0.05, 0.1) is 14.2 Å². The van der Waals surface area contributed by atoms with Gasteiger partial charge in [-0.15, -0.1) is 0 Å². The van der Waals surface area contributed by atoms with Crippen LogP contribution in [0.5, 0.6) is 23.0 Å². The molecule has 6 heteroatoms. The molecule has 0 bridgehead atoms. The molecule has 0 aromatic heterocycles. The Kier molecular flexibility index (Phi) is 6.09. The van der Waals surface area contributed by atoms with Crippen molar-refractivity contribution in [2.75, 3.05) is 34.5 Å². The van der Waals surface area contributed by atoms with Gasteiger partial charge < -0.3 is 23.8 Å². The third kappa shape index (κ3) is 4.39. The number of rotatable bonds is 6. The third-order valence-electron chi connectivity index (χ3n) is 4.61. The molecule has 2 aromatic carbocycles. The molecule has 1 aliphatic rings. The molecular formula is C22H25NO5. The minimum atomic E-state index is -0.0935. The van der Waals surface area contributed by atoms with Gasteiger partial charge in [-0.25, -0.2) is 0 Å². The molecule has 0 radical (unpaired) electrons.